The van der Waals surface area contributed by atoms with Gasteiger partial charge in [-0.25, -0.2) is 0 Å². The highest BCUT2D eigenvalue weighted by Gasteiger charge is 2.11. The summed E-state index contributed by atoms with van der Waals surface area (Å²) in [5, 5.41) is 3.42. The molecule has 0 spiro atoms. The van der Waals surface area contributed by atoms with Crippen LogP contribution in [0.5, 0.6) is 11.5 Å². The minimum Gasteiger partial charge on any atom is -0.486 e. The third kappa shape index (κ3) is 4.73. The molecule has 0 aromatic heterocycles. The van der Waals surface area contributed by atoms with E-state index < -0.39 is 0 Å². The SMILES string of the molecule is CCOCCCNCCc1ccc2c(c1)OCCO2. The van der Waals surface area contributed by atoms with Crippen LogP contribution in [0.1, 0.15) is 18.9 Å². The number of ether oxygens (including phenoxy) is 3. The van der Waals surface area contributed by atoms with E-state index >= 15 is 0 Å². The Morgan fingerprint density at radius 2 is 2.00 bits per heavy atom. The molecule has 1 aliphatic heterocycles. The van der Waals surface area contributed by atoms with Gasteiger partial charge in [0.1, 0.15) is 13.2 Å². The number of rotatable bonds is 8. The first-order valence-corrected chi connectivity index (χ1v) is 7.07. The molecule has 0 radical (unpaired) electrons. The first kappa shape index (κ1) is 14.2. The van der Waals surface area contributed by atoms with Crippen LogP contribution in [0.3, 0.4) is 0 Å². The molecule has 1 aromatic rings. The third-order valence-electron chi connectivity index (χ3n) is 3.04. The predicted octanol–water partition coefficient (Wildman–Crippen LogP) is 2.02. The van der Waals surface area contributed by atoms with Crippen molar-refractivity contribution in [3.05, 3.63) is 23.8 Å². The van der Waals surface area contributed by atoms with E-state index in [-0.39, 0.29) is 0 Å². The normalized spacial score (nSPS) is 13.5. The minimum atomic E-state index is 0.645. The van der Waals surface area contributed by atoms with Crippen molar-refractivity contribution >= 4 is 0 Å². The van der Waals surface area contributed by atoms with Crippen molar-refractivity contribution < 1.29 is 14.2 Å². The second-order valence-electron chi connectivity index (χ2n) is 4.53. The molecule has 0 saturated heterocycles. The van der Waals surface area contributed by atoms with E-state index in [1.54, 1.807) is 0 Å². The number of hydrogen-bond donors (Lipinski definition) is 1. The highest BCUT2D eigenvalue weighted by atomic mass is 16.6. The Morgan fingerprint density at radius 1 is 1.16 bits per heavy atom. The van der Waals surface area contributed by atoms with Gasteiger partial charge in [0.15, 0.2) is 11.5 Å². The molecular formula is C15H23NO3. The number of hydrogen-bond acceptors (Lipinski definition) is 4. The van der Waals surface area contributed by atoms with Gasteiger partial charge in [0, 0.05) is 13.2 Å². The predicted molar refractivity (Wildman–Crippen MR) is 75.1 cm³/mol. The Bertz CT molecular complexity index is 382. The molecule has 0 saturated carbocycles. The molecule has 1 aromatic carbocycles. The number of benzene rings is 1. The summed E-state index contributed by atoms with van der Waals surface area (Å²) in [5.41, 5.74) is 1.28. The minimum absolute atomic E-state index is 0.645. The lowest BCUT2D eigenvalue weighted by Crippen LogP contribution is -2.20. The van der Waals surface area contributed by atoms with E-state index in [0.717, 1.165) is 50.6 Å². The molecule has 106 valence electrons. The smallest absolute Gasteiger partial charge is 0.161 e. The lowest BCUT2D eigenvalue weighted by Gasteiger charge is -2.18. The average molecular weight is 265 g/mol. The summed E-state index contributed by atoms with van der Waals surface area (Å²) in [5.74, 6) is 1.74. The lowest BCUT2D eigenvalue weighted by atomic mass is 10.1. The quantitative estimate of drug-likeness (QED) is 0.730. The summed E-state index contributed by atoms with van der Waals surface area (Å²) in [6.07, 6.45) is 2.07. The van der Waals surface area contributed by atoms with Crippen LogP contribution in [0.25, 0.3) is 0 Å². The van der Waals surface area contributed by atoms with Crippen molar-refractivity contribution in [2.45, 2.75) is 19.8 Å². The van der Waals surface area contributed by atoms with Crippen LogP contribution in [-0.2, 0) is 11.2 Å². The second-order valence-corrected chi connectivity index (χ2v) is 4.53. The Morgan fingerprint density at radius 3 is 2.84 bits per heavy atom. The molecule has 2 rings (SSSR count). The van der Waals surface area contributed by atoms with E-state index in [0.29, 0.717) is 13.2 Å². The van der Waals surface area contributed by atoms with Gasteiger partial charge in [-0.15, -0.1) is 0 Å². The lowest BCUT2D eigenvalue weighted by molar-refractivity contribution is 0.145. The van der Waals surface area contributed by atoms with Crippen LogP contribution in [0.4, 0.5) is 0 Å². The topological polar surface area (TPSA) is 39.7 Å². The van der Waals surface area contributed by atoms with Gasteiger partial charge >= 0.3 is 0 Å². The summed E-state index contributed by atoms with van der Waals surface area (Å²) in [6.45, 7) is 6.94. The zero-order valence-corrected chi connectivity index (χ0v) is 11.6. The van der Waals surface area contributed by atoms with Crippen LogP contribution in [-0.4, -0.2) is 39.5 Å². The number of nitrogens with one attached hydrogen (secondary N) is 1. The number of fused-ring (bicyclic) bond motifs is 1. The maximum atomic E-state index is 5.57. The van der Waals surface area contributed by atoms with Crippen molar-refractivity contribution in [1.29, 1.82) is 0 Å². The van der Waals surface area contributed by atoms with Gasteiger partial charge < -0.3 is 19.5 Å². The zero-order valence-electron chi connectivity index (χ0n) is 11.6. The monoisotopic (exact) mass is 265 g/mol. The second kappa shape index (κ2) is 8.02. The van der Waals surface area contributed by atoms with Crippen molar-refractivity contribution in [1.82, 2.24) is 5.32 Å². The fourth-order valence-corrected chi connectivity index (χ4v) is 2.04. The highest BCUT2D eigenvalue weighted by molar-refractivity contribution is 5.43. The molecule has 0 bridgehead atoms. The summed E-state index contributed by atoms with van der Waals surface area (Å²) >= 11 is 0. The van der Waals surface area contributed by atoms with Crippen molar-refractivity contribution in [2.24, 2.45) is 0 Å². The molecule has 1 heterocycles. The molecule has 4 heteroatoms. The largest absolute Gasteiger partial charge is 0.486 e. The van der Waals surface area contributed by atoms with E-state index in [1.165, 1.54) is 5.56 Å². The summed E-state index contributed by atoms with van der Waals surface area (Å²) in [7, 11) is 0. The van der Waals surface area contributed by atoms with Crippen LogP contribution in [0.2, 0.25) is 0 Å². The first-order valence-electron chi connectivity index (χ1n) is 7.07. The maximum absolute atomic E-state index is 5.57. The summed E-state index contributed by atoms with van der Waals surface area (Å²) in [6, 6.07) is 6.19. The Labute approximate surface area is 115 Å². The molecule has 0 fully saturated rings. The van der Waals surface area contributed by atoms with Gasteiger partial charge in [-0.05, 0) is 50.6 Å². The van der Waals surface area contributed by atoms with E-state index in [4.69, 9.17) is 14.2 Å². The third-order valence-corrected chi connectivity index (χ3v) is 3.04. The van der Waals surface area contributed by atoms with Gasteiger partial charge in [0.25, 0.3) is 0 Å². The van der Waals surface area contributed by atoms with Crippen molar-refractivity contribution in [3.63, 3.8) is 0 Å². The van der Waals surface area contributed by atoms with Crippen molar-refractivity contribution in [3.8, 4) is 11.5 Å². The molecule has 0 amide bonds. The van der Waals surface area contributed by atoms with Crippen LogP contribution in [0.15, 0.2) is 18.2 Å². The zero-order chi connectivity index (χ0) is 13.3. The van der Waals surface area contributed by atoms with Crippen LogP contribution in [0, 0.1) is 0 Å². The summed E-state index contributed by atoms with van der Waals surface area (Å²) < 4.78 is 16.4. The molecule has 0 unspecified atom stereocenters. The fourth-order valence-electron chi connectivity index (χ4n) is 2.04. The molecule has 4 nitrogen and oxygen atoms in total. The first-order chi connectivity index (χ1) is 9.40. The van der Waals surface area contributed by atoms with E-state index in [1.807, 2.05) is 13.0 Å². The van der Waals surface area contributed by atoms with Gasteiger partial charge in [-0.3, -0.25) is 0 Å². The van der Waals surface area contributed by atoms with Crippen LogP contribution < -0.4 is 14.8 Å². The molecular weight excluding hydrogens is 242 g/mol. The molecule has 1 aliphatic rings. The van der Waals surface area contributed by atoms with Gasteiger partial charge in [-0.1, -0.05) is 6.07 Å². The van der Waals surface area contributed by atoms with Gasteiger partial charge in [-0.2, -0.15) is 0 Å². The molecule has 1 N–H and O–H groups in total. The van der Waals surface area contributed by atoms with E-state index in [2.05, 4.69) is 17.4 Å². The molecule has 19 heavy (non-hydrogen) atoms. The van der Waals surface area contributed by atoms with E-state index in [9.17, 15) is 0 Å². The van der Waals surface area contributed by atoms with Gasteiger partial charge in [0.2, 0.25) is 0 Å². The van der Waals surface area contributed by atoms with Crippen molar-refractivity contribution in [2.75, 3.05) is 39.5 Å². The Hall–Kier alpha value is -1.26. The van der Waals surface area contributed by atoms with Crippen LogP contribution >= 0.6 is 0 Å². The average Bonchev–Trinajstić information content (AvgIpc) is 2.46. The molecule has 0 aliphatic carbocycles. The maximum Gasteiger partial charge on any atom is 0.161 e. The highest BCUT2D eigenvalue weighted by Crippen LogP contribution is 2.30. The fraction of sp³-hybridized carbons (Fsp3) is 0.600. The molecule has 0 atom stereocenters. The Kier molecular flexibility index (Phi) is 5.98. The Balaban J connectivity index is 1.66. The standard InChI is InChI=1S/C15H23NO3/c1-2-17-9-3-7-16-8-6-13-4-5-14-15(12-13)19-11-10-18-14/h4-5,12,16H,2-3,6-11H2,1H3. The summed E-state index contributed by atoms with van der Waals surface area (Å²) in [4.78, 5) is 0. The van der Waals surface area contributed by atoms with Gasteiger partial charge in [0.05, 0.1) is 0 Å².